The van der Waals surface area contributed by atoms with E-state index in [-0.39, 0.29) is 12.0 Å². The van der Waals surface area contributed by atoms with Crippen molar-refractivity contribution in [2.45, 2.75) is 46.6 Å². The molecule has 0 radical (unpaired) electrons. The van der Waals surface area contributed by atoms with Crippen molar-refractivity contribution in [3.05, 3.63) is 65.6 Å². The van der Waals surface area contributed by atoms with E-state index in [0.717, 1.165) is 24.0 Å². The number of carbonyl (C=O) groups excluding carboxylic acids is 1. The minimum atomic E-state index is -0.0688. The second kappa shape index (κ2) is 10.0. The number of nitrogens with zero attached hydrogens (tertiary/aromatic N) is 5. The summed E-state index contributed by atoms with van der Waals surface area (Å²) in [7, 11) is 0. The first-order valence-electron chi connectivity index (χ1n) is 10.5. The Morgan fingerprint density at radius 3 is 2.57 bits per heavy atom. The lowest BCUT2D eigenvalue weighted by Crippen LogP contribution is -2.44. The highest BCUT2D eigenvalue weighted by Gasteiger charge is 2.28. The molecule has 1 unspecified atom stereocenters. The summed E-state index contributed by atoms with van der Waals surface area (Å²) in [5, 5.41) is 8.33. The molecule has 0 saturated carbocycles. The van der Waals surface area contributed by atoms with Crippen molar-refractivity contribution in [3.63, 3.8) is 0 Å². The van der Waals surface area contributed by atoms with Crippen LogP contribution in [0.3, 0.4) is 0 Å². The number of hydrogen-bond donors (Lipinski definition) is 0. The van der Waals surface area contributed by atoms with Gasteiger partial charge in [-0.1, -0.05) is 26.0 Å². The van der Waals surface area contributed by atoms with Gasteiger partial charge in [0.05, 0.1) is 30.2 Å². The van der Waals surface area contributed by atoms with E-state index in [1.807, 2.05) is 62.9 Å². The molecule has 2 aromatic heterocycles. The maximum Gasteiger partial charge on any atom is 0.256 e. The van der Waals surface area contributed by atoms with Gasteiger partial charge in [-0.2, -0.15) is 15.0 Å². The van der Waals surface area contributed by atoms with Crippen LogP contribution in [0, 0.1) is 13.8 Å². The Morgan fingerprint density at radius 1 is 1.07 bits per heavy atom. The molecule has 0 N–H and O–H groups in total. The lowest BCUT2D eigenvalue weighted by atomic mass is 10.1. The normalized spacial score (nSPS) is 15.9. The summed E-state index contributed by atoms with van der Waals surface area (Å²) in [6.45, 7) is 9.30. The lowest BCUT2D eigenvalue weighted by molar-refractivity contribution is 0.0525. The van der Waals surface area contributed by atoms with Crippen LogP contribution in [0.4, 0.5) is 0 Å². The van der Waals surface area contributed by atoms with Crippen LogP contribution in [0.5, 0.6) is 5.88 Å². The molecule has 3 aromatic rings. The fourth-order valence-electron chi connectivity index (χ4n) is 3.44. The first kappa shape index (κ1) is 21.5. The standard InChI is InChI=1S/C21H23N5O2.C2H6/c1-15-9-10-22-20(16(15)2)28-17-6-5-13-25(14-17)21(27)18-7-3-4-8-19(18)26-23-11-12-24-26;1-2/h3-4,7-12,17H,5-6,13-14H2,1-2H3;1-2H3. The van der Waals surface area contributed by atoms with Crippen molar-refractivity contribution >= 4 is 5.91 Å². The molecular weight excluding hydrogens is 378 g/mol. The van der Waals surface area contributed by atoms with Crippen molar-refractivity contribution in [3.8, 4) is 11.6 Å². The Morgan fingerprint density at radius 2 is 1.80 bits per heavy atom. The summed E-state index contributed by atoms with van der Waals surface area (Å²) in [6, 6.07) is 9.38. The molecule has 0 aliphatic carbocycles. The van der Waals surface area contributed by atoms with Crippen LogP contribution in [-0.4, -0.2) is 50.0 Å². The van der Waals surface area contributed by atoms with E-state index in [1.54, 1.807) is 18.6 Å². The Bertz CT molecular complexity index is 971. The smallest absolute Gasteiger partial charge is 0.256 e. The Hall–Kier alpha value is -3.22. The van der Waals surface area contributed by atoms with Gasteiger partial charge in [0.15, 0.2) is 0 Å². The number of amides is 1. The van der Waals surface area contributed by atoms with E-state index >= 15 is 0 Å². The lowest BCUT2D eigenvalue weighted by Gasteiger charge is -2.33. The molecule has 1 saturated heterocycles. The Labute approximate surface area is 177 Å². The third kappa shape index (κ3) is 4.67. The number of pyridine rings is 1. The summed E-state index contributed by atoms with van der Waals surface area (Å²) in [5.41, 5.74) is 3.45. The van der Waals surface area contributed by atoms with Gasteiger partial charge in [-0.25, -0.2) is 4.98 Å². The second-order valence-electron chi connectivity index (χ2n) is 7.03. The molecule has 0 spiro atoms. The first-order valence-corrected chi connectivity index (χ1v) is 10.5. The molecule has 1 aliphatic rings. The molecule has 0 bridgehead atoms. The number of para-hydroxylation sites is 1. The molecule has 3 heterocycles. The number of aryl methyl sites for hydroxylation is 1. The third-order valence-corrected chi connectivity index (χ3v) is 5.14. The van der Waals surface area contributed by atoms with Crippen molar-refractivity contribution in [2.75, 3.05) is 13.1 Å². The summed E-state index contributed by atoms with van der Waals surface area (Å²) in [4.78, 5) is 20.9. The van der Waals surface area contributed by atoms with Crippen LogP contribution < -0.4 is 4.74 Å². The molecule has 1 atom stereocenters. The number of aromatic nitrogens is 4. The number of rotatable bonds is 4. The van der Waals surface area contributed by atoms with E-state index in [9.17, 15) is 4.79 Å². The zero-order chi connectivity index (χ0) is 21.5. The maximum atomic E-state index is 13.2. The van der Waals surface area contributed by atoms with Crippen molar-refractivity contribution in [1.82, 2.24) is 24.9 Å². The van der Waals surface area contributed by atoms with Gasteiger partial charge in [-0.05, 0) is 50.5 Å². The van der Waals surface area contributed by atoms with E-state index in [2.05, 4.69) is 15.2 Å². The van der Waals surface area contributed by atoms with Gasteiger partial charge in [0.2, 0.25) is 5.88 Å². The zero-order valence-electron chi connectivity index (χ0n) is 18.1. The number of ether oxygens (including phenoxy) is 1. The molecule has 30 heavy (non-hydrogen) atoms. The topological polar surface area (TPSA) is 73.1 Å². The summed E-state index contributed by atoms with van der Waals surface area (Å²) in [5.74, 6) is 0.621. The number of carbonyl (C=O) groups is 1. The number of hydrogen-bond acceptors (Lipinski definition) is 5. The average Bonchev–Trinajstić information content (AvgIpc) is 3.33. The van der Waals surface area contributed by atoms with Gasteiger partial charge in [0, 0.05) is 18.3 Å². The third-order valence-electron chi connectivity index (χ3n) is 5.14. The van der Waals surface area contributed by atoms with Crippen LogP contribution in [0.1, 0.15) is 48.2 Å². The molecule has 7 nitrogen and oxygen atoms in total. The van der Waals surface area contributed by atoms with Crippen molar-refractivity contribution in [2.24, 2.45) is 0 Å². The number of benzene rings is 1. The molecule has 158 valence electrons. The Balaban J connectivity index is 0.00000124. The van der Waals surface area contributed by atoms with Crippen LogP contribution in [0.2, 0.25) is 0 Å². The van der Waals surface area contributed by atoms with Gasteiger partial charge in [0.1, 0.15) is 6.10 Å². The summed E-state index contributed by atoms with van der Waals surface area (Å²) < 4.78 is 6.15. The highest BCUT2D eigenvalue weighted by molar-refractivity contribution is 5.97. The van der Waals surface area contributed by atoms with Gasteiger partial charge < -0.3 is 9.64 Å². The highest BCUT2D eigenvalue weighted by atomic mass is 16.5. The zero-order valence-corrected chi connectivity index (χ0v) is 18.1. The fourth-order valence-corrected chi connectivity index (χ4v) is 3.44. The minimum Gasteiger partial charge on any atom is -0.472 e. The summed E-state index contributed by atoms with van der Waals surface area (Å²) >= 11 is 0. The summed E-state index contributed by atoms with van der Waals surface area (Å²) in [6.07, 6.45) is 6.69. The largest absolute Gasteiger partial charge is 0.472 e. The van der Waals surface area contributed by atoms with E-state index in [0.29, 0.717) is 30.2 Å². The predicted octanol–water partition coefficient (Wildman–Crippen LogP) is 3.99. The van der Waals surface area contributed by atoms with Crippen LogP contribution >= 0.6 is 0 Å². The monoisotopic (exact) mass is 407 g/mol. The SMILES string of the molecule is CC.Cc1ccnc(OC2CCCN(C(=O)c3ccccc3-n3nccn3)C2)c1C. The van der Waals surface area contributed by atoms with Crippen LogP contribution in [0.25, 0.3) is 5.69 Å². The van der Waals surface area contributed by atoms with Crippen LogP contribution in [0.15, 0.2) is 48.9 Å². The molecular formula is C23H29N5O2. The van der Waals surface area contributed by atoms with Gasteiger partial charge in [-0.3, -0.25) is 4.79 Å². The fraction of sp³-hybridized carbons (Fsp3) is 0.391. The van der Waals surface area contributed by atoms with E-state index in [1.165, 1.54) is 4.80 Å². The average molecular weight is 408 g/mol. The van der Waals surface area contributed by atoms with Crippen molar-refractivity contribution in [1.29, 1.82) is 0 Å². The number of piperidine rings is 1. The van der Waals surface area contributed by atoms with Crippen molar-refractivity contribution < 1.29 is 9.53 Å². The molecule has 4 rings (SSSR count). The molecule has 1 fully saturated rings. The highest BCUT2D eigenvalue weighted by Crippen LogP contribution is 2.23. The minimum absolute atomic E-state index is 0.0323. The van der Waals surface area contributed by atoms with E-state index in [4.69, 9.17) is 4.74 Å². The first-order chi connectivity index (χ1) is 14.6. The molecule has 1 aromatic carbocycles. The van der Waals surface area contributed by atoms with Gasteiger partial charge in [0.25, 0.3) is 5.91 Å². The number of likely N-dealkylation sites (tertiary alicyclic amines) is 1. The van der Waals surface area contributed by atoms with Crippen LogP contribution in [-0.2, 0) is 0 Å². The molecule has 1 aliphatic heterocycles. The predicted molar refractivity (Wildman–Crippen MR) is 116 cm³/mol. The van der Waals surface area contributed by atoms with Gasteiger partial charge in [-0.15, -0.1) is 0 Å². The Kier molecular flexibility index (Phi) is 7.17. The maximum absolute atomic E-state index is 13.2. The molecule has 7 heteroatoms. The van der Waals surface area contributed by atoms with E-state index < -0.39 is 0 Å². The second-order valence-corrected chi connectivity index (χ2v) is 7.03. The quantitative estimate of drug-likeness (QED) is 0.654. The van der Waals surface area contributed by atoms with Gasteiger partial charge >= 0.3 is 0 Å². The molecule has 1 amide bonds.